The van der Waals surface area contributed by atoms with Gasteiger partial charge in [0.05, 0.1) is 12.0 Å². The molecular weight excluding hydrogens is 262 g/mol. The molecule has 0 radical (unpaired) electrons. The van der Waals surface area contributed by atoms with E-state index in [1.165, 1.54) is 41.5 Å². The Kier molecular flexibility index (Phi) is 4.72. The van der Waals surface area contributed by atoms with Crippen LogP contribution in [0.4, 0.5) is 0 Å². The number of likely N-dealkylation sites (tertiary alicyclic amines) is 1. The van der Waals surface area contributed by atoms with Gasteiger partial charge in [0.15, 0.2) is 0 Å². The van der Waals surface area contributed by atoms with E-state index in [2.05, 4.69) is 44.7 Å². The van der Waals surface area contributed by atoms with Gasteiger partial charge >= 0.3 is 5.97 Å². The maximum absolute atomic E-state index is 11.5. The van der Waals surface area contributed by atoms with Crippen LogP contribution in [0, 0.1) is 20.8 Å². The van der Waals surface area contributed by atoms with E-state index in [-0.39, 0.29) is 6.42 Å². The van der Waals surface area contributed by atoms with Crippen LogP contribution in [0.25, 0.3) is 0 Å². The first kappa shape index (κ1) is 16.0. The zero-order chi connectivity index (χ0) is 15.6. The lowest BCUT2D eigenvalue weighted by Gasteiger charge is -2.44. The van der Waals surface area contributed by atoms with Crippen LogP contribution in [0.1, 0.15) is 54.9 Å². The van der Waals surface area contributed by atoms with Crippen molar-refractivity contribution in [3.8, 4) is 0 Å². The fourth-order valence-electron chi connectivity index (χ4n) is 4.07. The molecule has 3 heteroatoms. The fraction of sp³-hybridized carbons (Fsp3) is 0.611. The summed E-state index contributed by atoms with van der Waals surface area (Å²) in [5.41, 5.74) is 4.46. The van der Waals surface area contributed by atoms with Crippen molar-refractivity contribution >= 4 is 5.97 Å². The minimum atomic E-state index is -0.720. The number of carboxylic acid groups (broad SMARTS) is 1. The third-order valence-electron chi connectivity index (χ3n) is 4.77. The topological polar surface area (TPSA) is 40.5 Å². The molecule has 21 heavy (non-hydrogen) atoms. The van der Waals surface area contributed by atoms with Gasteiger partial charge in [0.2, 0.25) is 0 Å². The first-order valence-electron chi connectivity index (χ1n) is 7.90. The van der Waals surface area contributed by atoms with E-state index >= 15 is 0 Å². The number of piperidine rings is 1. The van der Waals surface area contributed by atoms with Gasteiger partial charge in [0.25, 0.3) is 0 Å². The molecule has 1 unspecified atom stereocenters. The highest BCUT2D eigenvalue weighted by atomic mass is 16.4. The zero-order valence-corrected chi connectivity index (χ0v) is 13.7. The Labute approximate surface area is 128 Å². The normalized spacial score (nSPS) is 19.2. The van der Waals surface area contributed by atoms with Gasteiger partial charge in [0, 0.05) is 0 Å². The molecular formula is C18H27NO2. The lowest BCUT2D eigenvalue weighted by Crippen LogP contribution is -2.48. The Hall–Kier alpha value is -1.35. The molecule has 0 bridgehead atoms. The smallest absolute Gasteiger partial charge is 0.305 e. The van der Waals surface area contributed by atoms with Crippen LogP contribution in [0.3, 0.4) is 0 Å². The van der Waals surface area contributed by atoms with Crippen molar-refractivity contribution in [2.24, 2.45) is 0 Å². The van der Waals surface area contributed by atoms with E-state index in [1.807, 2.05) is 0 Å². The number of rotatable bonds is 4. The van der Waals surface area contributed by atoms with Crippen LogP contribution in [0.2, 0.25) is 0 Å². The van der Waals surface area contributed by atoms with E-state index in [0.717, 1.165) is 13.1 Å². The minimum Gasteiger partial charge on any atom is -0.481 e. The lowest BCUT2D eigenvalue weighted by molar-refractivity contribution is -0.140. The Morgan fingerprint density at radius 3 is 2.14 bits per heavy atom. The summed E-state index contributed by atoms with van der Waals surface area (Å²) < 4.78 is 0. The van der Waals surface area contributed by atoms with Crippen molar-refractivity contribution in [3.63, 3.8) is 0 Å². The molecule has 1 saturated heterocycles. The first-order valence-corrected chi connectivity index (χ1v) is 7.90. The summed E-state index contributed by atoms with van der Waals surface area (Å²) in [6.07, 6.45) is 3.75. The summed E-state index contributed by atoms with van der Waals surface area (Å²) in [7, 11) is 0. The predicted molar refractivity (Wildman–Crippen MR) is 85.7 cm³/mol. The third-order valence-corrected chi connectivity index (χ3v) is 4.77. The fourth-order valence-corrected chi connectivity index (χ4v) is 4.07. The maximum Gasteiger partial charge on any atom is 0.305 e. The van der Waals surface area contributed by atoms with Crippen molar-refractivity contribution < 1.29 is 9.90 Å². The van der Waals surface area contributed by atoms with Crippen molar-refractivity contribution in [2.45, 2.75) is 58.9 Å². The quantitative estimate of drug-likeness (QED) is 0.917. The average molecular weight is 289 g/mol. The van der Waals surface area contributed by atoms with Crippen LogP contribution in [0.5, 0.6) is 0 Å². The third kappa shape index (κ3) is 3.29. The van der Waals surface area contributed by atoms with Crippen molar-refractivity contribution in [1.82, 2.24) is 4.90 Å². The number of carboxylic acids is 1. The highest BCUT2D eigenvalue weighted by molar-refractivity contribution is 5.69. The summed E-state index contributed by atoms with van der Waals surface area (Å²) >= 11 is 0. The highest BCUT2D eigenvalue weighted by Gasteiger charge is 2.38. The Bertz CT molecular complexity index is 509. The van der Waals surface area contributed by atoms with E-state index < -0.39 is 11.5 Å². The zero-order valence-electron chi connectivity index (χ0n) is 13.7. The molecule has 1 atom stereocenters. The van der Waals surface area contributed by atoms with Gasteiger partial charge in [-0.15, -0.1) is 0 Å². The molecule has 1 aromatic carbocycles. The number of aryl methyl sites for hydroxylation is 3. The van der Waals surface area contributed by atoms with Gasteiger partial charge in [0.1, 0.15) is 0 Å². The SMILES string of the molecule is Cc1cc(C)c(C(C)(CC(=O)O)N2CCCCC2)c(C)c1. The molecule has 1 aromatic rings. The molecule has 1 N–H and O–H groups in total. The number of aliphatic carboxylic acids is 1. The molecule has 1 aliphatic rings. The molecule has 0 aromatic heterocycles. The van der Waals surface area contributed by atoms with E-state index in [9.17, 15) is 9.90 Å². The molecule has 0 saturated carbocycles. The monoisotopic (exact) mass is 289 g/mol. The number of carbonyl (C=O) groups is 1. The number of benzene rings is 1. The van der Waals surface area contributed by atoms with Gasteiger partial charge in [-0.25, -0.2) is 0 Å². The summed E-state index contributed by atoms with van der Waals surface area (Å²) in [5, 5.41) is 9.45. The lowest BCUT2D eigenvalue weighted by atomic mass is 9.79. The van der Waals surface area contributed by atoms with Crippen LogP contribution in [-0.4, -0.2) is 29.1 Å². The van der Waals surface area contributed by atoms with Crippen LogP contribution in [-0.2, 0) is 10.3 Å². The standard InChI is InChI=1S/C18H27NO2/c1-13-10-14(2)17(15(3)11-13)18(4,12-16(20)21)19-8-6-5-7-9-19/h10-11H,5-9,12H2,1-4H3,(H,20,21). The molecule has 3 nitrogen and oxygen atoms in total. The first-order chi connectivity index (χ1) is 9.84. The molecule has 1 heterocycles. The second kappa shape index (κ2) is 6.18. The summed E-state index contributed by atoms with van der Waals surface area (Å²) in [6, 6.07) is 4.35. The van der Waals surface area contributed by atoms with Crippen LogP contribution >= 0.6 is 0 Å². The van der Waals surface area contributed by atoms with Gasteiger partial charge in [-0.2, -0.15) is 0 Å². The Morgan fingerprint density at radius 1 is 1.14 bits per heavy atom. The molecule has 0 spiro atoms. The summed E-state index contributed by atoms with van der Waals surface area (Å²) in [5.74, 6) is -0.720. The minimum absolute atomic E-state index is 0.164. The molecule has 2 rings (SSSR count). The second-order valence-corrected chi connectivity index (χ2v) is 6.67. The van der Waals surface area contributed by atoms with Crippen molar-refractivity contribution in [3.05, 3.63) is 34.4 Å². The number of hydrogen-bond donors (Lipinski definition) is 1. The highest BCUT2D eigenvalue weighted by Crippen LogP contribution is 2.38. The number of nitrogens with zero attached hydrogens (tertiary/aromatic N) is 1. The maximum atomic E-state index is 11.5. The Morgan fingerprint density at radius 2 is 1.67 bits per heavy atom. The molecule has 1 fully saturated rings. The van der Waals surface area contributed by atoms with E-state index in [0.29, 0.717) is 0 Å². The van der Waals surface area contributed by atoms with Gasteiger partial charge in [-0.1, -0.05) is 24.1 Å². The molecule has 116 valence electrons. The van der Waals surface area contributed by atoms with Crippen LogP contribution < -0.4 is 0 Å². The van der Waals surface area contributed by atoms with Crippen molar-refractivity contribution in [2.75, 3.05) is 13.1 Å². The van der Waals surface area contributed by atoms with E-state index in [4.69, 9.17) is 0 Å². The van der Waals surface area contributed by atoms with Gasteiger partial charge in [-0.05, 0) is 70.3 Å². The van der Waals surface area contributed by atoms with E-state index in [1.54, 1.807) is 0 Å². The Balaban J connectivity index is 2.51. The molecule has 0 aliphatic carbocycles. The summed E-state index contributed by atoms with van der Waals surface area (Å²) in [4.78, 5) is 13.9. The summed E-state index contributed by atoms with van der Waals surface area (Å²) in [6.45, 7) is 10.4. The average Bonchev–Trinajstić information content (AvgIpc) is 2.37. The molecule has 1 aliphatic heterocycles. The predicted octanol–water partition coefficient (Wildman–Crippen LogP) is 3.79. The largest absolute Gasteiger partial charge is 0.481 e. The van der Waals surface area contributed by atoms with Crippen LogP contribution in [0.15, 0.2) is 12.1 Å². The molecule has 0 amide bonds. The van der Waals surface area contributed by atoms with Gasteiger partial charge < -0.3 is 5.11 Å². The second-order valence-electron chi connectivity index (χ2n) is 6.67. The van der Waals surface area contributed by atoms with Crippen molar-refractivity contribution in [1.29, 1.82) is 0 Å². The number of hydrogen-bond acceptors (Lipinski definition) is 2. The van der Waals surface area contributed by atoms with Gasteiger partial charge in [-0.3, -0.25) is 9.69 Å².